The third-order valence-corrected chi connectivity index (χ3v) is 5.45. The summed E-state index contributed by atoms with van der Waals surface area (Å²) >= 11 is 5.52. The van der Waals surface area contributed by atoms with Crippen LogP contribution in [0.25, 0.3) is 0 Å². The lowest BCUT2D eigenvalue weighted by atomic mass is 10.1. The maximum Gasteiger partial charge on any atom is 0.0415 e. The van der Waals surface area contributed by atoms with E-state index in [0.29, 0.717) is 6.04 Å². The van der Waals surface area contributed by atoms with Crippen LogP contribution in [0.4, 0.5) is 0 Å². The van der Waals surface area contributed by atoms with Gasteiger partial charge in [-0.25, -0.2) is 0 Å². The number of thioether (sulfide) groups is 1. The van der Waals surface area contributed by atoms with Crippen molar-refractivity contribution in [1.82, 2.24) is 5.32 Å². The van der Waals surface area contributed by atoms with Crippen molar-refractivity contribution in [1.29, 1.82) is 0 Å². The Morgan fingerprint density at radius 3 is 2.67 bits per heavy atom. The summed E-state index contributed by atoms with van der Waals surface area (Å²) in [6.07, 6.45) is 1.15. The van der Waals surface area contributed by atoms with Gasteiger partial charge in [-0.1, -0.05) is 48.9 Å². The van der Waals surface area contributed by atoms with E-state index in [1.807, 2.05) is 11.8 Å². The Kier molecular flexibility index (Phi) is 6.81. The summed E-state index contributed by atoms with van der Waals surface area (Å²) in [5, 5.41) is 3.67. The first-order valence-electron chi connectivity index (χ1n) is 7.38. The second-order valence-corrected chi connectivity index (χ2v) is 7.08. The maximum atomic E-state index is 3.67. The molecule has 112 valence electrons. The van der Waals surface area contributed by atoms with Crippen molar-refractivity contribution >= 4 is 27.7 Å². The van der Waals surface area contributed by atoms with Crippen molar-refractivity contribution in [2.45, 2.75) is 31.2 Å². The van der Waals surface area contributed by atoms with E-state index < -0.39 is 0 Å². The number of hydrogen-bond acceptors (Lipinski definition) is 2. The monoisotopic (exact) mass is 363 g/mol. The summed E-state index contributed by atoms with van der Waals surface area (Å²) in [4.78, 5) is 1.30. The summed E-state index contributed by atoms with van der Waals surface area (Å²) < 4.78 is 1.17. The molecule has 0 fully saturated rings. The van der Waals surface area contributed by atoms with E-state index in [4.69, 9.17) is 0 Å². The van der Waals surface area contributed by atoms with Gasteiger partial charge in [-0.15, -0.1) is 11.8 Å². The molecule has 0 heterocycles. The van der Waals surface area contributed by atoms with Crippen LogP contribution in [-0.4, -0.2) is 12.3 Å². The number of benzene rings is 2. The third kappa shape index (κ3) is 5.17. The molecule has 0 aliphatic heterocycles. The van der Waals surface area contributed by atoms with Crippen molar-refractivity contribution in [2.24, 2.45) is 0 Å². The predicted octanol–water partition coefficient (Wildman–Crippen LogP) is 5.59. The second-order valence-electron chi connectivity index (χ2n) is 5.16. The average molecular weight is 364 g/mol. The molecule has 1 N–H and O–H groups in total. The fourth-order valence-electron chi connectivity index (χ4n) is 2.21. The van der Waals surface area contributed by atoms with Gasteiger partial charge in [0.15, 0.2) is 0 Å². The van der Waals surface area contributed by atoms with Crippen LogP contribution in [0.5, 0.6) is 0 Å². The molecule has 0 radical (unpaired) electrons. The standard InChI is InChI=1S/C18H22BrNS/c1-3-11-20-17(15-8-6-7-14(2)12-15)13-21-18-10-5-4-9-16(18)19/h4-10,12,17,20H,3,11,13H2,1-2H3. The van der Waals surface area contributed by atoms with E-state index in [-0.39, 0.29) is 0 Å². The molecule has 0 aromatic heterocycles. The van der Waals surface area contributed by atoms with Crippen LogP contribution in [0.3, 0.4) is 0 Å². The Hall–Kier alpha value is -0.770. The Bertz CT molecular complexity index is 571. The molecule has 1 nitrogen and oxygen atoms in total. The number of rotatable bonds is 7. The third-order valence-electron chi connectivity index (χ3n) is 3.33. The Morgan fingerprint density at radius 2 is 1.95 bits per heavy atom. The highest BCUT2D eigenvalue weighted by atomic mass is 79.9. The van der Waals surface area contributed by atoms with Gasteiger partial charge in [0.25, 0.3) is 0 Å². The first-order chi connectivity index (χ1) is 10.2. The SMILES string of the molecule is CCCNC(CSc1ccccc1Br)c1cccc(C)c1. The summed E-state index contributed by atoms with van der Waals surface area (Å²) in [5.74, 6) is 1.03. The maximum absolute atomic E-state index is 3.67. The van der Waals surface area contributed by atoms with E-state index in [0.717, 1.165) is 18.7 Å². The molecule has 0 saturated carbocycles. The molecule has 1 atom stereocenters. The fraction of sp³-hybridized carbons (Fsp3) is 0.333. The second kappa shape index (κ2) is 8.62. The van der Waals surface area contributed by atoms with Crippen LogP contribution in [0, 0.1) is 6.92 Å². The van der Waals surface area contributed by atoms with Gasteiger partial charge in [-0.3, -0.25) is 0 Å². The van der Waals surface area contributed by atoms with Crippen LogP contribution in [0.2, 0.25) is 0 Å². The van der Waals surface area contributed by atoms with Gasteiger partial charge in [0.2, 0.25) is 0 Å². The van der Waals surface area contributed by atoms with Crippen LogP contribution >= 0.6 is 27.7 Å². The molecule has 0 spiro atoms. The van der Waals surface area contributed by atoms with E-state index in [1.54, 1.807) is 0 Å². The van der Waals surface area contributed by atoms with Crippen LogP contribution in [0.1, 0.15) is 30.5 Å². The molecule has 21 heavy (non-hydrogen) atoms. The average Bonchev–Trinajstić information content (AvgIpc) is 2.49. The lowest BCUT2D eigenvalue weighted by Gasteiger charge is -2.19. The van der Waals surface area contributed by atoms with Gasteiger partial charge in [0.05, 0.1) is 0 Å². The minimum absolute atomic E-state index is 0.391. The van der Waals surface area contributed by atoms with E-state index in [2.05, 4.69) is 83.6 Å². The number of aryl methyl sites for hydroxylation is 1. The largest absolute Gasteiger partial charge is 0.309 e. The molecule has 0 bridgehead atoms. The Balaban J connectivity index is 2.08. The van der Waals surface area contributed by atoms with Gasteiger partial charge in [-0.05, 0) is 53.5 Å². The summed E-state index contributed by atoms with van der Waals surface area (Å²) in [6, 6.07) is 17.6. The minimum Gasteiger partial charge on any atom is -0.309 e. The number of nitrogens with one attached hydrogen (secondary N) is 1. The quantitative estimate of drug-likeness (QED) is 0.643. The highest BCUT2D eigenvalue weighted by Crippen LogP contribution is 2.30. The van der Waals surface area contributed by atoms with Gasteiger partial charge < -0.3 is 5.32 Å². The Morgan fingerprint density at radius 1 is 1.14 bits per heavy atom. The van der Waals surface area contributed by atoms with Crippen molar-refractivity contribution in [2.75, 3.05) is 12.3 Å². The van der Waals surface area contributed by atoms with Crippen LogP contribution in [-0.2, 0) is 0 Å². The molecular weight excluding hydrogens is 342 g/mol. The molecule has 0 aliphatic carbocycles. The van der Waals surface area contributed by atoms with E-state index in [9.17, 15) is 0 Å². The first-order valence-corrected chi connectivity index (χ1v) is 9.16. The first kappa shape index (κ1) is 16.6. The zero-order chi connectivity index (χ0) is 15.1. The molecule has 3 heteroatoms. The molecule has 0 aliphatic rings. The van der Waals surface area contributed by atoms with Crippen molar-refractivity contribution in [3.63, 3.8) is 0 Å². The molecule has 2 aromatic rings. The van der Waals surface area contributed by atoms with Crippen LogP contribution < -0.4 is 5.32 Å². The van der Waals surface area contributed by atoms with Crippen molar-refractivity contribution in [3.05, 3.63) is 64.1 Å². The lowest BCUT2D eigenvalue weighted by molar-refractivity contribution is 0.577. The molecule has 0 amide bonds. The molecule has 2 aromatic carbocycles. The molecule has 1 unspecified atom stereocenters. The van der Waals surface area contributed by atoms with Gasteiger partial charge >= 0.3 is 0 Å². The normalized spacial score (nSPS) is 12.3. The topological polar surface area (TPSA) is 12.0 Å². The zero-order valence-electron chi connectivity index (χ0n) is 12.6. The lowest BCUT2D eigenvalue weighted by Crippen LogP contribution is -2.24. The molecule has 2 rings (SSSR count). The van der Waals surface area contributed by atoms with Gasteiger partial charge in [0, 0.05) is 21.2 Å². The Labute approximate surface area is 140 Å². The fourth-order valence-corrected chi connectivity index (χ4v) is 3.88. The highest BCUT2D eigenvalue weighted by Gasteiger charge is 2.12. The molecular formula is C18H22BrNS. The predicted molar refractivity (Wildman–Crippen MR) is 97.1 cm³/mol. The zero-order valence-corrected chi connectivity index (χ0v) is 15.0. The summed E-state index contributed by atoms with van der Waals surface area (Å²) in [5.41, 5.74) is 2.70. The van der Waals surface area contributed by atoms with E-state index in [1.165, 1.54) is 20.5 Å². The summed E-state index contributed by atoms with van der Waals surface area (Å²) in [6.45, 7) is 5.41. The minimum atomic E-state index is 0.391. The number of hydrogen-bond donors (Lipinski definition) is 1. The molecule has 0 saturated heterocycles. The van der Waals surface area contributed by atoms with Crippen molar-refractivity contribution in [3.8, 4) is 0 Å². The van der Waals surface area contributed by atoms with E-state index >= 15 is 0 Å². The highest BCUT2D eigenvalue weighted by molar-refractivity contribution is 9.10. The summed E-state index contributed by atoms with van der Waals surface area (Å²) in [7, 11) is 0. The van der Waals surface area contributed by atoms with Gasteiger partial charge in [-0.2, -0.15) is 0 Å². The number of halogens is 1. The van der Waals surface area contributed by atoms with Gasteiger partial charge in [0.1, 0.15) is 0 Å². The van der Waals surface area contributed by atoms with Crippen LogP contribution in [0.15, 0.2) is 57.9 Å². The smallest absolute Gasteiger partial charge is 0.0415 e. The van der Waals surface area contributed by atoms with Crippen molar-refractivity contribution < 1.29 is 0 Å².